The largest absolute Gasteiger partial charge is 0.457 e. The lowest BCUT2D eigenvalue weighted by Gasteiger charge is -2.26. The molecule has 0 aliphatic heterocycles. The van der Waals surface area contributed by atoms with Gasteiger partial charge in [-0.2, -0.15) is 26.3 Å². The van der Waals surface area contributed by atoms with Crippen LogP contribution in [-0.4, -0.2) is 0 Å². The number of hydrogen-bond acceptors (Lipinski definition) is 4. The van der Waals surface area contributed by atoms with E-state index in [4.69, 9.17) is 20.9 Å². The number of benzene rings is 6. The first-order valence-corrected chi connectivity index (χ1v) is 15.8. The highest BCUT2D eigenvalue weighted by Crippen LogP contribution is 2.43. The topological polar surface area (TPSA) is 70.5 Å². The Hall–Kier alpha value is -5.90. The highest BCUT2D eigenvalue weighted by molar-refractivity contribution is 5.69. The van der Waals surface area contributed by atoms with Crippen molar-refractivity contribution < 1.29 is 35.8 Å². The van der Waals surface area contributed by atoms with Gasteiger partial charge in [-0.1, -0.05) is 74.5 Å². The molecule has 0 heterocycles. The standard InChI is InChI=1S/C41H32F6N2O2/c1-39(2,29-9-17-33(18-10-29)50-37-21-7-27(23-35(37)40(42,43)44)25-3-13-31(48)14-4-25)30-11-19-34(20-12-30)51-38-22-8-28(24-36(38)41(45,46)47)26-5-15-32(49)16-6-26/h3-24H,48-49H2,1-2H3. The van der Waals surface area contributed by atoms with E-state index in [1.165, 1.54) is 12.1 Å². The number of anilines is 2. The lowest BCUT2D eigenvalue weighted by atomic mass is 9.78. The minimum absolute atomic E-state index is 0.215. The van der Waals surface area contributed by atoms with E-state index in [0.717, 1.165) is 23.3 Å². The summed E-state index contributed by atoms with van der Waals surface area (Å²) in [6.45, 7) is 3.90. The van der Waals surface area contributed by atoms with Crippen molar-refractivity contribution in [1.82, 2.24) is 0 Å². The Morgan fingerprint density at radius 3 is 1.04 bits per heavy atom. The third-order valence-corrected chi connectivity index (χ3v) is 8.67. The average Bonchev–Trinajstić information content (AvgIpc) is 3.09. The first kappa shape index (κ1) is 34.9. The van der Waals surface area contributed by atoms with Gasteiger partial charge in [0.05, 0.1) is 11.1 Å². The van der Waals surface area contributed by atoms with Crippen LogP contribution in [0.15, 0.2) is 133 Å². The number of hydrogen-bond donors (Lipinski definition) is 2. The molecule has 0 unspecified atom stereocenters. The van der Waals surface area contributed by atoms with E-state index in [1.807, 2.05) is 13.8 Å². The molecular formula is C41H32F6N2O2. The Morgan fingerprint density at radius 1 is 0.412 bits per heavy atom. The van der Waals surface area contributed by atoms with Gasteiger partial charge in [0.15, 0.2) is 0 Å². The molecule has 0 amide bonds. The van der Waals surface area contributed by atoms with Crippen molar-refractivity contribution in [2.45, 2.75) is 31.6 Å². The van der Waals surface area contributed by atoms with Gasteiger partial charge in [-0.3, -0.25) is 0 Å². The zero-order valence-electron chi connectivity index (χ0n) is 27.4. The van der Waals surface area contributed by atoms with Crippen molar-refractivity contribution in [2.24, 2.45) is 0 Å². The number of alkyl halides is 6. The van der Waals surface area contributed by atoms with E-state index >= 15 is 0 Å². The zero-order chi connectivity index (χ0) is 36.6. The molecule has 0 saturated heterocycles. The molecule has 0 aliphatic carbocycles. The summed E-state index contributed by atoms with van der Waals surface area (Å²) in [6, 6.07) is 34.3. The second kappa shape index (κ2) is 13.4. The normalized spacial score (nSPS) is 12.1. The molecule has 0 radical (unpaired) electrons. The van der Waals surface area contributed by atoms with Gasteiger partial charge in [-0.25, -0.2) is 0 Å². The van der Waals surface area contributed by atoms with Crippen LogP contribution >= 0.6 is 0 Å². The predicted molar refractivity (Wildman–Crippen MR) is 188 cm³/mol. The molecule has 0 saturated carbocycles. The average molecular weight is 699 g/mol. The first-order valence-electron chi connectivity index (χ1n) is 15.8. The van der Waals surface area contributed by atoms with Gasteiger partial charge < -0.3 is 20.9 Å². The number of halogens is 6. The maximum absolute atomic E-state index is 14.1. The molecular weight excluding hydrogens is 666 g/mol. The number of nitrogens with two attached hydrogens (primary N) is 2. The number of ether oxygens (including phenoxy) is 2. The fraction of sp³-hybridized carbons (Fsp3) is 0.122. The van der Waals surface area contributed by atoms with Gasteiger partial charge in [0.1, 0.15) is 23.0 Å². The molecule has 6 aromatic rings. The minimum Gasteiger partial charge on any atom is -0.457 e. The molecule has 0 spiro atoms. The molecule has 4 N–H and O–H groups in total. The lowest BCUT2D eigenvalue weighted by molar-refractivity contribution is -0.139. The molecule has 260 valence electrons. The molecule has 0 fully saturated rings. The van der Waals surface area contributed by atoms with Gasteiger partial charge >= 0.3 is 12.4 Å². The Balaban J connectivity index is 1.19. The summed E-state index contributed by atoms with van der Waals surface area (Å²) < 4.78 is 95.9. The molecule has 10 heteroatoms. The first-order chi connectivity index (χ1) is 24.1. The van der Waals surface area contributed by atoms with Crippen LogP contribution in [0.4, 0.5) is 37.7 Å². The fourth-order valence-electron chi connectivity index (χ4n) is 5.69. The molecule has 6 rings (SSSR count). The third kappa shape index (κ3) is 7.80. The van der Waals surface area contributed by atoms with Crippen molar-refractivity contribution in [3.05, 3.63) is 156 Å². The van der Waals surface area contributed by atoms with Crippen molar-refractivity contribution in [1.29, 1.82) is 0 Å². The van der Waals surface area contributed by atoms with E-state index < -0.39 is 28.9 Å². The maximum Gasteiger partial charge on any atom is 0.420 e. The van der Waals surface area contributed by atoms with Crippen LogP contribution in [0.5, 0.6) is 23.0 Å². The summed E-state index contributed by atoms with van der Waals surface area (Å²) in [7, 11) is 0. The monoisotopic (exact) mass is 698 g/mol. The van der Waals surface area contributed by atoms with Crippen LogP contribution in [0.2, 0.25) is 0 Å². The summed E-state index contributed by atoms with van der Waals surface area (Å²) in [5.74, 6) is -0.241. The van der Waals surface area contributed by atoms with Gasteiger partial charge in [-0.15, -0.1) is 0 Å². The Labute approximate surface area is 290 Å². The molecule has 0 bridgehead atoms. The lowest BCUT2D eigenvalue weighted by Crippen LogP contribution is -2.18. The predicted octanol–water partition coefficient (Wildman–Crippen LogP) is 12.1. The summed E-state index contributed by atoms with van der Waals surface area (Å²) in [5.41, 5.74) is 13.6. The summed E-state index contributed by atoms with van der Waals surface area (Å²) in [6.07, 6.45) is -9.32. The van der Waals surface area contributed by atoms with Crippen LogP contribution in [-0.2, 0) is 17.8 Å². The van der Waals surface area contributed by atoms with E-state index in [-0.39, 0.29) is 23.0 Å². The summed E-state index contributed by atoms with van der Waals surface area (Å²) in [5, 5.41) is 0. The van der Waals surface area contributed by atoms with E-state index in [1.54, 1.807) is 109 Å². The highest BCUT2D eigenvalue weighted by Gasteiger charge is 2.36. The van der Waals surface area contributed by atoms with Gasteiger partial charge in [0.25, 0.3) is 0 Å². The Kier molecular flexibility index (Phi) is 9.20. The molecule has 6 aromatic carbocycles. The van der Waals surface area contributed by atoms with E-state index in [9.17, 15) is 26.3 Å². The fourth-order valence-corrected chi connectivity index (χ4v) is 5.69. The van der Waals surface area contributed by atoms with Crippen LogP contribution in [0.3, 0.4) is 0 Å². The smallest absolute Gasteiger partial charge is 0.420 e. The second-order valence-corrected chi connectivity index (χ2v) is 12.5. The maximum atomic E-state index is 14.1. The van der Waals surface area contributed by atoms with Crippen LogP contribution < -0.4 is 20.9 Å². The molecule has 51 heavy (non-hydrogen) atoms. The molecule has 0 aliphatic rings. The third-order valence-electron chi connectivity index (χ3n) is 8.67. The van der Waals surface area contributed by atoms with Gasteiger partial charge in [-0.05, 0) is 106 Å². The van der Waals surface area contributed by atoms with Crippen molar-refractivity contribution in [2.75, 3.05) is 11.5 Å². The number of rotatable bonds is 8. The Morgan fingerprint density at radius 2 is 0.725 bits per heavy atom. The molecule has 0 aromatic heterocycles. The number of nitrogen functional groups attached to an aromatic ring is 2. The van der Waals surface area contributed by atoms with Gasteiger partial charge in [0.2, 0.25) is 0 Å². The molecule has 0 atom stereocenters. The van der Waals surface area contributed by atoms with Gasteiger partial charge in [0, 0.05) is 16.8 Å². The van der Waals surface area contributed by atoms with Crippen molar-refractivity contribution >= 4 is 11.4 Å². The zero-order valence-corrected chi connectivity index (χ0v) is 27.4. The van der Waals surface area contributed by atoms with Crippen LogP contribution in [0.25, 0.3) is 22.3 Å². The molecule has 4 nitrogen and oxygen atoms in total. The van der Waals surface area contributed by atoms with Crippen molar-refractivity contribution in [3.63, 3.8) is 0 Å². The Bertz CT molecular complexity index is 1990. The SMILES string of the molecule is CC(C)(c1ccc(Oc2ccc(-c3ccc(N)cc3)cc2C(F)(F)F)cc1)c1ccc(Oc2ccc(-c3ccc(N)cc3)cc2C(F)(F)F)cc1. The van der Waals surface area contributed by atoms with E-state index in [0.29, 0.717) is 33.6 Å². The van der Waals surface area contributed by atoms with Crippen LogP contribution in [0.1, 0.15) is 36.1 Å². The van der Waals surface area contributed by atoms with E-state index in [2.05, 4.69) is 0 Å². The van der Waals surface area contributed by atoms with Crippen molar-refractivity contribution in [3.8, 4) is 45.3 Å². The van der Waals surface area contributed by atoms with Crippen LogP contribution in [0, 0.1) is 0 Å². The summed E-state index contributed by atoms with van der Waals surface area (Å²) >= 11 is 0. The minimum atomic E-state index is -4.66. The summed E-state index contributed by atoms with van der Waals surface area (Å²) in [4.78, 5) is 0. The second-order valence-electron chi connectivity index (χ2n) is 12.5. The highest BCUT2D eigenvalue weighted by atomic mass is 19.4. The quantitative estimate of drug-likeness (QED) is 0.123.